The molecule has 1 rings (SSSR count). The molecule has 0 saturated heterocycles. The van der Waals surface area contributed by atoms with Crippen LogP contribution in [0.5, 0.6) is 0 Å². The Morgan fingerprint density at radius 2 is 1.93 bits per heavy atom. The second-order valence-corrected chi connectivity index (χ2v) is 4.48. The fourth-order valence-electron chi connectivity index (χ4n) is 1.34. The highest BCUT2D eigenvalue weighted by atomic mass is 79.9. The maximum atomic E-state index is 12.3. The summed E-state index contributed by atoms with van der Waals surface area (Å²) in [5.74, 6) is 0. The molecule has 0 aliphatic heterocycles. The van der Waals surface area contributed by atoms with Crippen LogP contribution in [0.15, 0.2) is 28.7 Å². The lowest BCUT2D eigenvalue weighted by molar-refractivity contribution is 0.101. The van der Waals surface area contributed by atoms with Gasteiger partial charge in [0.15, 0.2) is 0 Å². The minimum absolute atomic E-state index is 0.0773. The Labute approximate surface area is 97.0 Å². The predicted octanol–water partition coefficient (Wildman–Crippen LogP) is 3.75. The minimum atomic E-state index is -2.33. The highest BCUT2D eigenvalue weighted by molar-refractivity contribution is 9.10. The van der Waals surface area contributed by atoms with E-state index in [-0.39, 0.29) is 6.04 Å². The molecule has 2 atom stereocenters. The van der Waals surface area contributed by atoms with E-state index in [1.54, 1.807) is 0 Å². The van der Waals surface area contributed by atoms with Crippen molar-refractivity contribution >= 4 is 15.9 Å². The lowest BCUT2D eigenvalue weighted by Crippen LogP contribution is -2.34. The summed E-state index contributed by atoms with van der Waals surface area (Å²) in [4.78, 5) is 0. The van der Waals surface area contributed by atoms with Gasteiger partial charge in [-0.15, -0.1) is 0 Å². The molecule has 0 aliphatic carbocycles. The molecule has 15 heavy (non-hydrogen) atoms. The highest BCUT2D eigenvalue weighted by Gasteiger charge is 2.17. The van der Waals surface area contributed by atoms with Crippen molar-refractivity contribution in [1.82, 2.24) is 5.32 Å². The molecule has 1 aromatic rings. The molecule has 0 aliphatic rings. The Hall–Kier alpha value is -0.480. The Bertz CT molecular complexity index is 317. The van der Waals surface area contributed by atoms with Gasteiger partial charge in [0.25, 0.3) is 6.43 Å². The first-order valence-electron chi connectivity index (χ1n) is 4.80. The van der Waals surface area contributed by atoms with Crippen LogP contribution in [0.2, 0.25) is 0 Å². The Morgan fingerprint density at radius 3 is 2.47 bits per heavy atom. The molecule has 0 heterocycles. The summed E-state index contributed by atoms with van der Waals surface area (Å²) in [6, 6.07) is 6.78. The van der Waals surface area contributed by atoms with Gasteiger partial charge in [0.1, 0.15) is 0 Å². The molecule has 0 aromatic heterocycles. The largest absolute Gasteiger partial charge is 0.302 e. The van der Waals surface area contributed by atoms with Crippen molar-refractivity contribution in [2.24, 2.45) is 0 Å². The van der Waals surface area contributed by atoms with Crippen molar-refractivity contribution in [3.8, 4) is 0 Å². The second kappa shape index (κ2) is 5.56. The fraction of sp³-hybridized carbons (Fsp3) is 0.455. The third-order valence-electron chi connectivity index (χ3n) is 2.24. The van der Waals surface area contributed by atoms with Gasteiger partial charge in [0.05, 0.1) is 6.04 Å². The van der Waals surface area contributed by atoms with Crippen LogP contribution in [0.3, 0.4) is 0 Å². The summed E-state index contributed by atoms with van der Waals surface area (Å²) in [7, 11) is 0. The van der Waals surface area contributed by atoms with E-state index in [0.29, 0.717) is 0 Å². The van der Waals surface area contributed by atoms with E-state index in [1.807, 2.05) is 31.2 Å². The Kier molecular flexibility index (Phi) is 4.67. The average Bonchev–Trinajstić information content (AvgIpc) is 2.17. The summed E-state index contributed by atoms with van der Waals surface area (Å²) in [5, 5.41) is 2.85. The molecule has 1 unspecified atom stereocenters. The standard InChI is InChI=1S/C11H14BrF2N/c1-7(15-8(2)11(13)14)9-4-3-5-10(12)6-9/h3-8,11,15H,1-2H3/t7-,8?/m0/s1. The summed E-state index contributed by atoms with van der Waals surface area (Å²) in [5.41, 5.74) is 0.997. The number of benzene rings is 1. The zero-order valence-electron chi connectivity index (χ0n) is 8.68. The molecule has 84 valence electrons. The quantitative estimate of drug-likeness (QED) is 0.884. The molecular weight excluding hydrogens is 264 g/mol. The summed E-state index contributed by atoms with van der Waals surface area (Å²) < 4.78 is 25.6. The van der Waals surface area contributed by atoms with Crippen LogP contribution in [-0.4, -0.2) is 12.5 Å². The van der Waals surface area contributed by atoms with E-state index in [1.165, 1.54) is 6.92 Å². The van der Waals surface area contributed by atoms with Gasteiger partial charge in [-0.2, -0.15) is 0 Å². The maximum Gasteiger partial charge on any atom is 0.253 e. The highest BCUT2D eigenvalue weighted by Crippen LogP contribution is 2.18. The third-order valence-corrected chi connectivity index (χ3v) is 2.73. The number of alkyl halides is 2. The van der Waals surface area contributed by atoms with E-state index < -0.39 is 12.5 Å². The lowest BCUT2D eigenvalue weighted by atomic mass is 10.1. The van der Waals surface area contributed by atoms with E-state index in [9.17, 15) is 8.78 Å². The topological polar surface area (TPSA) is 12.0 Å². The van der Waals surface area contributed by atoms with E-state index >= 15 is 0 Å². The molecule has 1 aromatic carbocycles. The predicted molar refractivity (Wildman–Crippen MR) is 61.2 cm³/mol. The second-order valence-electron chi connectivity index (χ2n) is 3.57. The molecule has 0 amide bonds. The van der Waals surface area contributed by atoms with Gasteiger partial charge in [-0.25, -0.2) is 8.78 Å². The maximum absolute atomic E-state index is 12.3. The Balaban J connectivity index is 2.64. The van der Waals surface area contributed by atoms with Crippen molar-refractivity contribution in [1.29, 1.82) is 0 Å². The molecular formula is C11H14BrF2N. The van der Waals surface area contributed by atoms with Gasteiger partial charge in [0.2, 0.25) is 0 Å². The minimum Gasteiger partial charge on any atom is -0.302 e. The molecule has 0 radical (unpaired) electrons. The number of halogens is 3. The average molecular weight is 278 g/mol. The molecule has 0 bridgehead atoms. The van der Waals surface area contributed by atoms with Gasteiger partial charge in [-0.3, -0.25) is 0 Å². The third kappa shape index (κ3) is 3.87. The summed E-state index contributed by atoms with van der Waals surface area (Å²) in [6.07, 6.45) is -2.33. The molecule has 1 N–H and O–H groups in total. The van der Waals surface area contributed by atoms with Crippen LogP contribution >= 0.6 is 15.9 Å². The van der Waals surface area contributed by atoms with Crippen LogP contribution in [0, 0.1) is 0 Å². The van der Waals surface area contributed by atoms with Gasteiger partial charge in [-0.05, 0) is 31.5 Å². The number of hydrogen-bond acceptors (Lipinski definition) is 1. The van der Waals surface area contributed by atoms with Crippen molar-refractivity contribution in [3.63, 3.8) is 0 Å². The van der Waals surface area contributed by atoms with E-state index in [0.717, 1.165) is 10.0 Å². The zero-order valence-corrected chi connectivity index (χ0v) is 10.3. The number of rotatable bonds is 4. The van der Waals surface area contributed by atoms with Crippen molar-refractivity contribution < 1.29 is 8.78 Å². The Morgan fingerprint density at radius 1 is 1.27 bits per heavy atom. The molecule has 1 nitrogen and oxygen atoms in total. The van der Waals surface area contributed by atoms with Crippen molar-refractivity contribution in [3.05, 3.63) is 34.3 Å². The molecule has 0 fully saturated rings. The fourth-order valence-corrected chi connectivity index (χ4v) is 1.76. The van der Waals surface area contributed by atoms with Crippen molar-refractivity contribution in [2.75, 3.05) is 0 Å². The first-order chi connectivity index (χ1) is 7.00. The van der Waals surface area contributed by atoms with Crippen LogP contribution in [0.1, 0.15) is 25.5 Å². The normalized spacial score (nSPS) is 15.3. The van der Waals surface area contributed by atoms with Gasteiger partial charge in [0, 0.05) is 10.5 Å². The number of nitrogens with one attached hydrogen (secondary N) is 1. The number of hydrogen-bond donors (Lipinski definition) is 1. The zero-order chi connectivity index (χ0) is 11.4. The SMILES string of the molecule is CC(N[C@@H](C)c1cccc(Br)c1)C(F)F. The van der Waals surface area contributed by atoms with Crippen molar-refractivity contribution in [2.45, 2.75) is 32.4 Å². The summed E-state index contributed by atoms with van der Waals surface area (Å²) >= 11 is 3.35. The van der Waals surface area contributed by atoms with E-state index in [2.05, 4.69) is 21.2 Å². The molecule has 0 spiro atoms. The smallest absolute Gasteiger partial charge is 0.253 e. The molecule has 4 heteroatoms. The molecule has 0 saturated carbocycles. The monoisotopic (exact) mass is 277 g/mol. The van der Waals surface area contributed by atoms with Gasteiger partial charge < -0.3 is 5.32 Å². The van der Waals surface area contributed by atoms with Gasteiger partial charge in [-0.1, -0.05) is 28.1 Å². The first-order valence-corrected chi connectivity index (χ1v) is 5.59. The van der Waals surface area contributed by atoms with Crippen LogP contribution in [0.25, 0.3) is 0 Å². The van der Waals surface area contributed by atoms with E-state index in [4.69, 9.17) is 0 Å². The van der Waals surface area contributed by atoms with Crippen LogP contribution in [0.4, 0.5) is 8.78 Å². The van der Waals surface area contributed by atoms with Crippen LogP contribution in [-0.2, 0) is 0 Å². The van der Waals surface area contributed by atoms with Crippen LogP contribution < -0.4 is 5.32 Å². The summed E-state index contributed by atoms with van der Waals surface area (Å²) in [6.45, 7) is 3.36. The first kappa shape index (κ1) is 12.6. The lowest BCUT2D eigenvalue weighted by Gasteiger charge is -2.19. The van der Waals surface area contributed by atoms with Gasteiger partial charge >= 0.3 is 0 Å².